The number of hydrogen-bond donors (Lipinski definition) is 2. The minimum atomic E-state index is -5.47. The summed E-state index contributed by atoms with van der Waals surface area (Å²) in [5.74, 6) is -1.30. The van der Waals surface area contributed by atoms with Crippen molar-refractivity contribution < 1.29 is 31.2 Å². The van der Waals surface area contributed by atoms with Gasteiger partial charge in [-0.2, -0.15) is 13.2 Å². The second-order valence-corrected chi connectivity index (χ2v) is 6.81. The van der Waals surface area contributed by atoms with Crippen molar-refractivity contribution in [1.82, 2.24) is 0 Å². The summed E-state index contributed by atoms with van der Waals surface area (Å²) < 4.78 is 59.9. The number of amides is 2. The van der Waals surface area contributed by atoms with Crippen molar-refractivity contribution in [2.24, 2.45) is 5.73 Å². The summed E-state index contributed by atoms with van der Waals surface area (Å²) in [6.07, 6.45) is 0. The maximum atomic E-state index is 12.5. The summed E-state index contributed by atoms with van der Waals surface area (Å²) in [7, 11) is -5.47. The predicted molar refractivity (Wildman–Crippen MR) is 82.6 cm³/mol. The molecule has 2 aromatic carbocycles. The highest BCUT2D eigenvalue weighted by molar-refractivity contribution is 7.92. The number of primary amides is 1. The Kier molecular flexibility index (Phi) is 4.84. The molecule has 0 heterocycles. The van der Waals surface area contributed by atoms with E-state index in [0.29, 0.717) is 17.8 Å². The summed E-state index contributed by atoms with van der Waals surface area (Å²) >= 11 is 0. The minimum Gasteiger partial charge on any atom is -0.366 e. The van der Waals surface area contributed by atoms with Crippen molar-refractivity contribution in [1.29, 1.82) is 0 Å². The first kappa shape index (κ1) is 18.5. The molecule has 0 atom stereocenters. The lowest BCUT2D eigenvalue weighted by Crippen LogP contribution is -2.23. The van der Waals surface area contributed by atoms with E-state index in [2.05, 4.69) is 5.32 Å². The number of hydrogen-bond acceptors (Lipinski definition) is 4. The number of benzene rings is 2. The number of rotatable bonds is 4. The molecule has 0 fully saturated rings. The molecule has 0 bridgehead atoms. The topological polar surface area (TPSA) is 106 Å². The summed E-state index contributed by atoms with van der Waals surface area (Å²) in [5.41, 5.74) is 0.178. The Balaban J connectivity index is 2.17. The first-order valence-corrected chi connectivity index (χ1v) is 8.13. The Morgan fingerprint density at radius 1 is 0.880 bits per heavy atom. The van der Waals surface area contributed by atoms with E-state index >= 15 is 0 Å². The summed E-state index contributed by atoms with van der Waals surface area (Å²) in [5, 5.41) is 2.45. The standard InChI is InChI=1S/C15H11F3N2O4S/c16-15(17,18)25(23,24)12-7-3-10(4-8-12)14(22)20-11-5-1-9(2-6-11)13(19)21/h1-8H,(H2,19,21)(H,20,22). The molecule has 132 valence electrons. The lowest BCUT2D eigenvalue weighted by molar-refractivity contribution is -0.0436. The van der Waals surface area contributed by atoms with E-state index in [1.165, 1.54) is 24.3 Å². The largest absolute Gasteiger partial charge is 0.501 e. The third-order valence-electron chi connectivity index (χ3n) is 3.16. The van der Waals surface area contributed by atoms with E-state index in [4.69, 9.17) is 5.73 Å². The highest BCUT2D eigenvalue weighted by Crippen LogP contribution is 2.30. The van der Waals surface area contributed by atoms with Gasteiger partial charge in [-0.1, -0.05) is 0 Å². The molecule has 25 heavy (non-hydrogen) atoms. The van der Waals surface area contributed by atoms with Crippen LogP contribution in [0, 0.1) is 0 Å². The van der Waals surface area contributed by atoms with Gasteiger partial charge < -0.3 is 11.1 Å². The van der Waals surface area contributed by atoms with Crippen LogP contribution in [0.1, 0.15) is 20.7 Å². The minimum absolute atomic E-state index is 0.0416. The smallest absolute Gasteiger partial charge is 0.366 e. The molecule has 2 rings (SSSR count). The van der Waals surface area contributed by atoms with Crippen LogP contribution in [0.25, 0.3) is 0 Å². The average molecular weight is 372 g/mol. The number of nitrogens with two attached hydrogens (primary N) is 1. The van der Waals surface area contributed by atoms with E-state index < -0.39 is 32.1 Å². The number of carbonyl (C=O) groups excluding carboxylic acids is 2. The zero-order valence-corrected chi connectivity index (χ0v) is 13.2. The normalized spacial score (nSPS) is 11.8. The maximum absolute atomic E-state index is 12.5. The van der Waals surface area contributed by atoms with Crippen molar-refractivity contribution >= 4 is 27.3 Å². The quantitative estimate of drug-likeness (QED) is 0.859. The van der Waals surface area contributed by atoms with Crippen LogP contribution in [0.5, 0.6) is 0 Å². The fourth-order valence-corrected chi connectivity index (χ4v) is 2.60. The van der Waals surface area contributed by atoms with Crippen molar-refractivity contribution in [3.63, 3.8) is 0 Å². The molecule has 2 aromatic rings. The number of nitrogens with one attached hydrogen (secondary N) is 1. The molecule has 0 unspecified atom stereocenters. The molecule has 6 nitrogen and oxygen atoms in total. The van der Waals surface area contributed by atoms with Gasteiger partial charge in [0, 0.05) is 16.8 Å². The molecule has 0 aliphatic rings. The van der Waals surface area contributed by atoms with Crippen LogP contribution in [0.4, 0.5) is 18.9 Å². The van der Waals surface area contributed by atoms with Crippen LogP contribution in [0.15, 0.2) is 53.4 Å². The van der Waals surface area contributed by atoms with Gasteiger partial charge in [-0.05, 0) is 48.5 Å². The number of alkyl halides is 3. The van der Waals surface area contributed by atoms with E-state index in [1.807, 2.05) is 0 Å². The third-order valence-corrected chi connectivity index (χ3v) is 4.66. The van der Waals surface area contributed by atoms with Gasteiger partial charge in [0.25, 0.3) is 15.7 Å². The predicted octanol–water partition coefficient (Wildman–Crippen LogP) is 2.33. The molecule has 0 spiro atoms. The van der Waals surface area contributed by atoms with Crippen molar-refractivity contribution in [2.45, 2.75) is 10.4 Å². The van der Waals surface area contributed by atoms with Crippen LogP contribution in [0.3, 0.4) is 0 Å². The SMILES string of the molecule is NC(=O)c1ccc(NC(=O)c2ccc(S(=O)(=O)C(F)(F)F)cc2)cc1. The van der Waals surface area contributed by atoms with Gasteiger partial charge in [0.15, 0.2) is 0 Å². The monoisotopic (exact) mass is 372 g/mol. The van der Waals surface area contributed by atoms with Crippen molar-refractivity contribution in [3.05, 3.63) is 59.7 Å². The molecule has 3 N–H and O–H groups in total. The Morgan fingerprint density at radius 3 is 1.80 bits per heavy atom. The Bertz CT molecular complexity index is 905. The van der Waals surface area contributed by atoms with Crippen LogP contribution >= 0.6 is 0 Å². The van der Waals surface area contributed by atoms with E-state index in [-0.39, 0.29) is 11.1 Å². The Hall–Kier alpha value is -2.88. The first-order valence-electron chi connectivity index (χ1n) is 6.65. The summed E-state index contributed by atoms with van der Waals surface area (Å²) in [6.45, 7) is 0. The van der Waals surface area contributed by atoms with Gasteiger partial charge in [0.05, 0.1) is 4.90 Å². The van der Waals surface area contributed by atoms with Gasteiger partial charge in [-0.25, -0.2) is 8.42 Å². The fraction of sp³-hybridized carbons (Fsp3) is 0.0667. The second kappa shape index (κ2) is 6.55. The van der Waals surface area contributed by atoms with E-state index in [1.54, 1.807) is 0 Å². The van der Waals surface area contributed by atoms with Gasteiger partial charge in [-0.3, -0.25) is 9.59 Å². The molecule has 0 saturated heterocycles. The lowest BCUT2D eigenvalue weighted by atomic mass is 10.2. The van der Waals surface area contributed by atoms with Crippen LogP contribution < -0.4 is 11.1 Å². The molecular formula is C15H11F3N2O4S. The van der Waals surface area contributed by atoms with E-state index in [0.717, 1.165) is 12.1 Å². The number of anilines is 1. The maximum Gasteiger partial charge on any atom is 0.501 e. The summed E-state index contributed by atoms with van der Waals surface area (Å²) in [4.78, 5) is 22.0. The molecule has 2 amide bonds. The average Bonchev–Trinajstić information content (AvgIpc) is 2.54. The Labute approximate surface area is 140 Å². The third kappa shape index (κ3) is 3.97. The van der Waals surface area contributed by atoms with Gasteiger partial charge in [0.1, 0.15) is 0 Å². The second-order valence-electron chi connectivity index (χ2n) is 4.87. The highest BCUT2D eigenvalue weighted by Gasteiger charge is 2.46. The number of halogens is 3. The fourth-order valence-electron chi connectivity index (χ4n) is 1.84. The van der Waals surface area contributed by atoms with E-state index in [9.17, 15) is 31.2 Å². The molecule has 0 aliphatic heterocycles. The van der Waals surface area contributed by atoms with Crippen LogP contribution in [0.2, 0.25) is 0 Å². The van der Waals surface area contributed by atoms with Crippen LogP contribution in [-0.2, 0) is 9.84 Å². The molecular weight excluding hydrogens is 361 g/mol. The van der Waals surface area contributed by atoms with Crippen molar-refractivity contribution in [3.8, 4) is 0 Å². The summed E-state index contributed by atoms with van der Waals surface area (Å²) in [6, 6.07) is 8.94. The van der Waals surface area contributed by atoms with Crippen LogP contribution in [-0.4, -0.2) is 25.7 Å². The molecule has 0 radical (unpaired) electrons. The molecule has 0 aliphatic carbocycles. The first-order chi connectivity index (χ1) is 11.5. The molecule has 0 aromatic heterocycles. The van der Waals surface area contributed by atoms with Gasteiger partial charge >= 0.3 is 5.51 Å². The number of sulfone groups is 1. The lowest BCUT2D eigenvalue weighted by Gasteiger charge is -2.09. The Morgan fingerprint density at radius 2 is 1.36 bits per heavy atom. The molecule has 10 heteroatoms. The zero-order chi connectivity index (χ0) is 18.8. The number of carbonyl (C=O) groups is 2. The molecule has 0 saturated carbocycles. The highest BCUT2D eigenvalue weighted by atomic mass is 32.2. The van der Waals surface area contributed by atoms with Gasteiger partial charge in [0.2, 0.25) is 5.91 Å². The van der Waals surface area contributed by atoms with Gasteiger partial charge in [-0.15, -0.1) is 0 Å². The zero-order valence-electron chi connectivity index (χ0n) is 12.4. The van der Waals surface area contributed by atoms with Crippen molar-refractivity contribution in [2.75, 3.05) is 5.32 Å².